The van der Waals surface area contributed by atoms with E-state index in [-0.39, 0.29) is 18.5 Å². The predicted molar refractivity (Wildman–Crippen MR) is 74.2 cm³/mol. The van der Waals surface area contributed by atoms with Gasteiger partial charge in [0, 0.05) is 18.6 Å². The molecule has 2 N–H and O–H groups in total. The van der Waals surface area contributed by atoms with Gasteiger partial charge < -0.3 is 15.3 Å². The van der Waals surface area contributed by atoms with Crippen molar-refractivity contribution < 1.29 is 14.7 Å². The Bertz CT molecular complexity index is 409. The number of carbonyl (C=O) groups excluding carboxylic acids is 1. The highest BCUT2D eigenvalue weighted by atomic mass is 16.4. The van der Waals surface area contributed by atoms with Gasteiger partial charge in [-0.3, -0.25) is 4.79 Å². The smallest absolute Gasteiger partial charge is 0.317 e. The summed E-state index contributed by atoms with van der Waals surface area (Å²) in [5, 5.41) is 12.0. The van der Waals surface area contributed by atoms with Crippen LogP contribution in [0.3, 0.4) is 0 Å². The molecule has 5 heteroatoms. The van der Waals surface area contributed by atoms with Gasteiger partial charge in [0.1, 0.15) is 0 Å². The third-order valence-electron chi connectivity index (χ3n) is 5.63. The maximum atomic E-state index is 12.3. The van der Waals surface area contributed by atoms with Gasteiger partial charge in [0.2, 0.25) is 0 Å². The number of carboxylic acids is 1. The third kappa shape index (κ3) is 2.17. The summed E-state index contributed by atoms with van der Waals surface area (Å²) in [6, 6.07) is 0.0210. The van der Waals surface area contributed by atoms with Gasteiger partial charge in [-0.25, -0.2) is 4.79 Å². The number of nitrogens with zero attached hydrogens (tertiary/aromatic N) is 1. The Kier molecular flexibility index (Phi) is 3.38. The molecule has 0 spiro atoms. The van der Waals surface area contributed by atoms with Gasteiger partial charge in [-0.1, -0.05) is 0 Å². The lowest BCUT2D eigenvalue weighted by Crippen LogP contribution is -2.47. The zero-order valence-electron chi connectivity index (χ0n) is 12.2. The van der Waals surface area contributed by atoms with Crippen molar-refractivity contribution in [1.29, 1.82) is 0 Å². The van der Waals surface area contributed by atoms with E-state index in [2.05, 4.69) is 5.32 Å². The monoisotopic (exact) mass is 280 g/mol. The lowest BCUT2D eigenvalue weighted by Gasteiger charge is -2.27. The molecule has 5 unspecified atom stereocenters. The number of carboxylic acid groups (broad SMARTS) is 1. The van der Waals surface area contributed by atoms with Crippen molar-refractivity contribution in [2.24, 2.45) is 23.7 Å². The van der Waals surface area contributed by atoms with Gasteiger partial charge in [0.15, 0.2) is 0 Å². The Morgan fingerprint density at radius 1 is 1.30 bits per heavy atom. The van der Waals surface area contributed by atoms with E-state index in [0.717, 1.165) is 11.8 Å². The normalized spacial score (nSPS) is 38.2. The van der Waals surface area contributed by atoms with Gasteiger partial charge in [-0.2, -0.15) is 0 Å². The molecule has 3 fully saturated rings. The quantitative estimate of drug-likeness (QED) is 0.808. The zero-order valence-corrected chi connectivity index (χ0v) is 12.2. The molecule has 20 heavy (non-hydrogen) atoms. The number of carbonyl (C=O) groups is 2. The second-order valence-electron chi connectivity index (χ2n) is 6.70. The number of amides is 2. The standard InChI is InChI=1S/C15H24N2O3/c1-3-17(8(2)6-11(18)19)15(20)16-14-12-9-4-5-10(7-9)13(12)14/h8-10,12-14H,3-7H2,1-2H3,(H,16,20)(H,18,19). The van der Waals surface area contributed by atoms with E-state index in [1.807, 2.05) is 6.92 Å². The number of hydrogen-bond acceptors (Lipinski definition) is 2. The molecular weight excluding hydrogens is 256 g/mol. The molecule has 5 nitrogen and oxygen atoms in total. The van der Waals surface area contributed by atoms with Crippen molar-refractivity contribution in [2.75, 3.05) is 6.54 Å². The summed E-state index contributed by atoms with van der Waals surface area (Å²) >= 11 is 0. The van der Waals surface area contributed by atoms with E-state index < -0.39 is 5.97 Å². The largest absolute Gasteiger partial charge is 0.481 e. The molecule has 0 aromatic rings. The Hall–Kier alpha value is -1.26. The van der Waals surface area contributed by atoms with E-state index in [1.165, 1.54) is 19.3 Å². The second-order valence-corrected chi connectivity index (χ2v) is 6.70. The number of fused-ring (bicyclic) bond motifs is 5. The number of urea groups is 1. The van der Waals surface area contributed by atoms with Crippen LogP contribution in [-0.2, 0) is 4.79 Å². The minimum atomic E-state index is -0.856. The zero-order chi connectivity index (χ0) is 14.4. The van der Waals surface area contributed by atoms with Crippen LogP contribution in [0.1, 0.15) is 39.5 Å². The summed E-state index contributed by atoms with van der Waals surface area (Å²) < 4.78 is 0. The SMILES string of the molecule is CCN(C(=O)NC1C2C3CCC(C3)C12)C(C)CC(=O)O. The lowest BCUT2D eigenvalue weighted by atomic mass is 10.0. The minimum Gasteiger partial charge on any atom is -0.481 e. The van der Waals surface area contributed by atoms with E-state index >= 15 is 0 Å². The van der Waals surface area contributed by atoms with Gasteiger partial charge in [-0.05, 0) is 56.8 Å². The van der Waals surface area contributed by atoms with Crippen LogP contribution in [0.25, 0.3) is 0 Å². The van der Waals surface area contributed by atoms with Crippen LogP contribution in [-0.4, -0.2) is 40.6 Å². The fourth-order valence-electron chi connectivity index (χ4n) is 4.76. The van der Waals surface area contributed by atoms with Crippen molar-refractivity contribution in [3.63, 3.8) is 0 Å². The van der Waals surface area contributed by atoms with Gasteiger partial charge >= 0.3 is 12.0 Å². The predicted octanol–water partition coefficient (Wildman–Crippen LogP) is 1.93. The highest BCUT2D eigenvalue weighted by molar-refractivity contribution is 5.76. The van der Waals surface area contributed by atoms with Gasteiger partial charge in [0.25, 0.3) is 0 Å². The summed E-state index contributed by atoms with van der Waals surface area (Å²) in [7, 11) is 0. The van der Waals surface area contributed by atoms with Crippen LogP contribution in [0.15, 0.2) is 0 Å². The van der Waals surface area contributed by atoms with Crippen LogP contribution in [0.4, 0.5) is 4.79 Å². The topological polar surface area (TPSA) is 69.6 Å². The van der Waals surface area contributed by atoms with Crippen LogP contribution < -0.4 is 5.32 Å². The Balaban J connectivity index is 1.55. The van der Waals surface area contributed by atoms with Crippen LogP contribution in [0.2, 0.25) is 0 Å². The molecule has 0 aromatic carbocycles. The third-order valence-corrected chi connectivity index (χ3v) is 5.63. The highest BCUT2D eigenvalue weighted by Gasteiger charge is 2.65. The first-order chi connectivity index (χ1) is 9.52. The molecule has 2 bridgehead atoms. The number of hydrogen-bond donors (Lipinski definition) is 2. The number of rotatable bonds is 5. The minimum absolute atomic E-state index is 0.00400. The summed E-state index contributed by atoms with van der Waals surface area (Å²) in [5.74, 6) is 2.24. The molecule has 0 heterocycles. The van der Waals surface area contributed by atoms with E-state index in [0.29, 0.717) is 24.4 Å². The lowest BCUT2D eigenvalue weighted by molar-refractivity contribution is -0.138. The van der Waals surface area contributed by atoms with Crippen molar-refractivity contribution in [3.05, 3.63) is 0 Å². The number of nitrogens with one attached hydrogen (secondary N) is 1. The molecule has 3 aliphatic carbocycles. The molecule has 5 atom stereocenters. The Morgan fingerprint density at radius 2 is 1.90 bits per heavy atom. The molecule has 3 rings (SSSR count). The Morgan fingerprint density at radius 3 is 2.40 bits per heavy atom. The maximum absolute atomic E-state index is 12.3. The van der Waals surface area contributed by atoms with E-state index in [9.17, 15) is 9.59 Å². The summed E-state index contributed by atoms with van der Waals surface area (Å²) in [5.41, 5.74) is 0. The van der Waals surface area contributed by atoms with Crippen LogP contribution >= 0.6 is 0 Å². The van der Waals surface area contributed by atoms with E-state index in [4.69, 9.17) is 5.11 Å². The first-order valence-electron chi connectivity index (χ1n) is 7.81. The Labute approximate surface area is 119 Å². The van der Waals surface area contributed by atoms with Crippen molar-refractivity contribution in [3.8, 4) is 0 Å². The fraction of sp³-hybridized carbons (Fsp3) is 0.867. The molecule has 0 aromatic heterocycles. The van der Waals surface area contributed by atoms with Gasteiger partial charge in [0.05, 0.1) is 6.42 Å². The molecule has 3 aliphatic rings. The van der Waals surface area contributed by atoms with Crippen molar-refractivity contribution >= 4 is 12.0 Å². The molecular formula is C15H24N2O3. The van der Waals surface area contributed by atoms with Crippen LogP contribution in [0, 0.1) is 23.7 Å². The average Bonchev–Trinajstić information content (AvgIpc) is 2.78. The van der Waals surface area contributed by atoms with Crippen LogP contribution in [0.5, 0.6) is 0 Å². The van der Waals surface area contributed by atoms with Gasteiger partial charge in [-0.15, -0.1) is 0 Å². The average molecular weight is 280 g/mol. The molecule has 2 amide bonds. The summed E-state index contributed by atoms with van der Waals surface area (Å²) in [4.78, 5) is 24.8. The first kappa shape index (κ1) is 13.7. The summed E-state index contributed by atoms with van der Waals surface area (Å²) in [6.07, 6.45) is 4.05. The van der Waals surface area contributed by atoms with E-state index in [1.54, 1.807) is 11.8 Å². The summed E-state index contributed by atoms with van der Waals surface area (Å²) in [6.45, 7) is 4.25. The maximum Gasteiger partial charge on any atom is 0.317 e. The van der Waals surface area contributed by atoms with Crippen molar-refractivity contribution in [1.82, 2.24) is 10.2 Å². The molecule has 112 valence electrons. The van der Waals surface area contributed by atoms with Crippen molar-refractivity contribution in [2.45, 2.75) is 51.6 Å². The fourth-order valence-corrected chi connectivity index (χ4v) is 4.76. The second kappa shape index (κ2) is 4.93. The number of aliphatic carboxylic acids is 1. The molecule has 0 aliphatic heterocycles. The highest BCUT2D eigenvalue weighted by Crippen LogP contribution is 2.65. The first-order valence-corrected chi connectivity index (χ1v) is 7.81. The molecule has 3 saturated carbocycles. The molecule has 0 saturated heterocycles. The molecule has 0 radical (unpaired) electrons.